The quantitative estimate of drug-likeness (QED) is 0.820. The molecule has 92 valence electrons. The first kappa shape index (κ1) is 12.0. The lowest BCUT2D eigenvalue weighted by atomic mass is 10.1. The lowest BCUT2D eigenvalue weighted by Gasteiger charge is -2.04. The van der Waals surface area contributed by atoms with Crippen molar-refractivity contribution in [1.29, 1.82) is 0 Å². The van der Waals surface area contributed by atoms with Gasteiger partial charge in [0.25, 0.3) is 0 Å². The van der Waals surface area contributed by atoms with Gasteiger partial charge in [0.05, 0.1) is 18.2 Å². The summed E-state index contributed by atoms with van der Waals surface area (Å²) in [7, 11) is 1.34. The van der Waals surface area contributed by atoms with Crippen molar-refractivity contribution in [2.75, 3.05) is 12.4 Å². The fourth-order valence-electron chi connectivity index (χ4n) is 1.62. The van der Waals surface area contributed by atoms with Crippen molar-refractivity contribution in [3.63, 3.8) is 0 Å². The number of fused-ring (bicyclic) bond motifs is 1. The number of esters is 1. The van der Waals surface area contributed by atoms with Crippen molar-refractivity contribution in [3.8, 4) is 0 Å². The van der Waals surface area contributed by atoms with Crippen LogP contribution in [0.2, 0.25) is 0 Å². The third-order valence-electron chi connectivity index (χ3n) is 2.41. The molecule has 1 aromatic heterocycles. The van der Waals surface area contributed by atoms with Gasteiger partial charge in [-0.2, -0.15) is 0 Å². The Morgan fingerprint density at radius 2 is 2.00 bits per heavy atom. The Hall–Kier alpha value is -2.43. The minimum absolute atomic E-state index is 0.173. The molecule has 0 saturated heterocycles. The van der Waals surface area contributed by atoms with Crippen molar-refractivity contribution in [2.24, 2.45) is 0 Å². The number of rotatable bonds is 2. The van der Waals surface area contributed by atoms with Crippen molar-refractivity contribution >= 4 is 28.6 Å². The van der Waals surface area contributed by atoms with Crippen LogP contribution in [0.4, 0.5) is 5.82 Å². The molecule has 0 aliphatic heterocycles. The minimum atomic E-state index is -0.386. The number of methoxy groups -OCH3 is 1. The van der Waals surface area contributed by atoms with E-state index in [0.717, 1.165) is 5.39 Å². The van der Waals surface area contributed by atoms with E-state index < -0.39 is 0 Å². The van der Waals surface area contributed by atoms with E-state index in [9.17, 15) is 9.59 Å². The number of pyridine rings is 1. The van der Waals surface area contributed by atoms with Crippen LogP contribution < -0.4 is 5.32 Å². The number of carbonyl (C=O) groups is 2. The average molecular weight is 244 g/mol. The maximum absolute atomic E-state index is 11.4. The van der Waals surface area contributed by atoms with Gasteiger partial charge < -0.3 is 10.1 Å². The predicted molar refractivity (Wildman–Crippen MR) is 67.4 cm³/mol. The highest BCUT2D eigenvalue weighted by atomic mass is 16.5. The summed E-state index contributed by atoms with van der Waals surface area (Å²) in [5.41, 5.74) is 1.17. The zero-order valence-electron chi connectivity index (χ0n) is 10.1. The van der Waals surface area contributed by atoms with Crippen LogP contribution in [0, 0.1) is 0 Å². The Labute approximate surface area is 104 Å². The van der Waals surface area contributed by atoms with Crippen molar-refractivity contribution in [3.05, 3.63) is 35.9 Å². The van der Waals surface area contributed by atoms with Gasteiger partial charge in [0.1, 0.15) is 5.82 Å². The third-order valence-corrected chi connectivity index (χ3v) is 2.41. The van der Waals surface area contributed by atoms with Crippen LogP contribution in [-0.2, 0) is 9.53 Å². The van der Waals surface area contributed by atoms with Crippen LogP contribution in [-0.4, -0.2) is 24.0 Å². The third kappa shape index (κ3) is 2.45. The van der Waals surface area contributed by atoms with Gasteiger partial charge in [-0.1, -0.05) is 0 Å². The van der Waals surface area contributed by atoms with E-state index in [1.807, 2.05) is 0 Å². The monoisotopic (exact) mass is 244 g/mol. The first-order valence-corrected chi connectivity index (χ1v) is 5.37. The lowest BCUT2D eigenvalue weighted by Crippen LogP contribution is -2.07. The Balaban J connectivity index is 2.41. The van der Waals surface area contributed by atoms with Crippen LogP contribution >= 0.6 is 0 Å². The summed E-state index contributed by atoms with van der Waals surface area (Å²) in [5, 5.41) is 3.42. The van der Waals surface area contributed by atoms with Crippen LogP contribution in [0.25, 0.3) is 10.9 Å². The summed E-state index contributed by atoms with van der Waals surface area (Å²) in [6.45, 7) is 1.42. The molecule has 2 rings (SSSR count). The number of amides is 1. The molecule has 0 aliphatic rings. The maximum atomic E-state index is 11.4. The summed E-state index contributed by atoms with van der Waals surface area (Å²) in [6, 6.07) is 8.53. The van der Waals surface area contributed by atoms with Gasteiger partial charge in [-0.15, -0.1) is 0 Å². The molecule has 1 heterocycles. The highest BCUT2D eigenvalue weighted by Gasteiger charge is 2.07. The average Bonchev–Trinajstić information content (AvgIpc) is 2.36. The number of aromatic nitrogens is 1. The molecule has 0 unspecified atom stereocenters. The molecule has 1 amide bonds. The van der Waals surface area contributed by atoms with Crippen LogP contribution in [0.15, 0.2) is 30.3 Å². The first-order valence-electron chi connectivity index (χ1n) is 5.37. The molecule has 5 nitrogen and oxygen atoms in total. The summed E-state index contributed by atoms with van der Waals surface area (Å²) < 4.78 is 4.65. The van der Waals surface area contributed by atoms with Crippen LogP contribution in [0.3, 0.4) is 0 Å². The number of carbonyl (C=O) groups excluding carboxylic acids is 2. The van der Waals surface area contributed by atoms with E-state index in [4.69, 9.17) is 0 Å². The Kier molecular flexibility index (Phi) is 3.23. The van der Waals surface area contributed by atoms with Gasteiger partial charge >= 0.3 is 5.97 Å². The highest BCUT2D eigenvalue weighted by Crippen LogP contribution is 2.17. The molecule has 1 N–H and O–H groups in total. The summed E-state index contributed by atoms with van der Waals surface area (Å²) in [5.74, 6) is -0.0725. The number of nitrogens with one attached hydrogen (secondary N) is 1. The topological polar surface area (TPSA) is 68.3 Å². The van der Waals surface area contributed by atoms with Gasteiger partial charge in [-0.3, -0.25) is 4.79 Å². The minimum Gasteiger partial charge on any atom is -0.465 e. The molecule has 0 fully saturated rings. The molecule has 0 radical (unpaired) electrons. The Morgan fingerprint density at radius 3 is 2.67 bits per heavy atom. The fourth-order valence-corrected chi connectivity index (χ4v) is 1.62. The number of benzene rings is 1. The van der Waals surface area contributed by atoms with E-state index in [2.05, 4.69) is 15.0 Å². The second-order valence-electron chi connectivity index (χ2n) is 3.78. The van der Waals surface area contributed by atoms with Crippen molar-refractivity contribution in [1.82, 2.24) is 4.98 Å². The maximum Gasteiger partial charge on any atom is 0.337 e. The van der Waals surface area contributed by atoms with Gasteiger partial charge in [0.15, 0.2) is 0 Å². The zero-order valence-corrected chi connectivity index (χ0v) is 10.1. The molecule has 2 aromatic rings. The van der Waals surface area contributed by atoms with Gasteiger partial charge in [0.2, 0.25) is 5.91 Å². The molecule has 18 heavy (non-hydrogen) atoms. The second kappa shape index (κ2) is 4.83. The summed E-state index contributed by atoms with van der Waals surface area (Å²) >= 11 is 0. The SMILES string of the molecule is COC(=O)c1ccc2nc(NC(C)=O)ccc2c1. The second-order valence-corrected chi connectivity index (χ2v) is 3.78. The lowest BCUT2D eigenvalue weighted by molar-refractivity contribution is -0.114. The van der Waals surface area contributed by atoms with E-state index in [-0.39, 0.29) is 11.9 Å². The van der Waals surface area contributed by atoms with Gasteiger partial charge in [-0.05, 0) is 30.3 Å². The number of ether oxygens (including phenoxy) is 1. The Bertz CT molecular complexity index is 623. The molecule has 5 heteroatoms. The molecular formula is C13H12N2O3. The van der Waals surface area contributed by atoms with Gasteiger partial charge in [0, 0.05) is 12.3 Å². The van der Waals surface area contributed by atoms with Gasteiger partial charge in [-0.25, -0.2) is 9.78 Å². The largest absolute Gasteiger partial charge is 0.465 e. The zero-order chi connectivity index (χ0) is 13.1. The van der Waals surface area contributed by atoms with E-state index in [1.165, 1.54) is 14.0 Å². The number of anilines is 1. The molecule has 0 spiro atoms. The van der Waals surface area contributed by atoms with Crippen molar-refractivity contribution < 1.29 is 14.3 Å². The number of nitrogens with zero attached hydrogens (tertiary/aromatic N) is 1. The molecule has 0 bridgehead atoms. The van der Waals surface area contributed by atoms with Crippen LogP contribution in [0.5, 0.6) is 0 Å². The molecular weight excluding hydrogens is 232 g/mol. The fraction of sp³-hybridized carbons (Fsp3) is 0.154. The highest BCUT2D eigenvalue weighted by molar-refractivity contribution is 5.95. The van der Waals surface area contributed by atoms with E-state index in [0.29, 0.717) is 16.9 Å². The first-order chi connectivity index (χ1) is 8.60. The van der Waals surface area contributed by atoms with Crippen LogP contribution in [0.1, 0.15) is 17.3 Å². The van der Waals surface area contributed by atoms with E-state index in [1.54, 1.807) is 30.3 Å². The Morgan fingerprint density at radius 1 is 1.22 bits per heavy atom. The normalized spacial score (nSPS) is 10.1. The summed E-state index contributed by atoms with van der Waals surface area (Å²) in [6.07, 6.45) is 0. The number of hydrogen-bond donors (Lipinski definition) is 1. The van der Waals surface area contributed by atoms with E-state index >= 15 is 0 Å². The van der Waals surface area contributed by atoms with Crippen molar-refractivity contribution in [2.45, 2.75) is 6.92 Å². The summed E-state index contributed by atoms with van der Waals surface area (Å²) in [4.78, 5) is 26.5. The standard InChI is InChI=1S/C13H12N2O3/c1-8(16)14-12-6-4-9-7-10(13(17)18-2)3-5-11(9)15-12/h3-7H,1-2H3,(H,14,15,16). The number of hydrogen-bond acceptors (Lipinski definition) is 4. The molecule has 0 aliphatic carbocycles. The molecule has 0 atom stereocenters. The smallest absolute Gasteiger partial charge is 0.337 e. The molecule has 0 saturated carbocycles. The molecule has 1 aromatic carbocycles. The predicted octanol–water partition coefficient (Wildman–Crippen LogP) is 1.98.